The number of carbonyl (C=O) groups is 1. The maximum absolute atomic E-state index is 13.2. The first-order valence-electron chi connectivity index (χ1n) is 6.59. The molecule has 6 heteroatoms. The predicted molar refractivity (Wildman–Crippen MR) is 81.8 cm³/mol. The largest absolute Gasteiger partial charge is 0.335 e. The Kier molecular flexibility index (Phi) is 3.85. The first-order valence-corrected chi connectivity index (χ1v) is 7.41. The van der Waals surface area contributed by atoms with Gasteiger partial charge >= 0.3 is 0 Å². The van der Waals surface area contributed by atoms with Crippen LogP contribution in [0, 0.1) is 11.6 Å². The second-order valence-electron chi connectivity index (χ2n) is 4.87. The van der Waals surface area contributed by atoms with Crippen LogP contribution < -0.4 is 0 Å². The molecular weight excluding hydrogens is 306 g/mol. The molecule has 0 bridgehead atoms. The molecule has 0 aliphatic carbocycles. The molecule has 0 radical (unpaired) electrons. The Morgan fingerprint density at radius 1 is 1.18 bits per heavy atom. The van der Waals surface area contributed by atoms with Crippen molar-refractivity contribution < 1.29 is 13.6 Å². The van der Waals surface area contributed by atoms with Crippen LogP contribution in [0.3, 0.4) is 0 Å². The maximum atomic E-state index is 13.2. The SMILES string of the molecule is CN(Cc1nc2ccccc2s1)C(=O)c1ccc(F)c(F)c1. The Morgan fingerprint density at radius 3 is 2.68 bits per heavy atom. The maximum Gasteiger partial charge on any atom is 0.254 e. The lowest BCUT2D eigenvalue weighted by Crippen LogP contribution is -2.26. The van der Waals surface area contributed by atoms with Crippen LogP contribution in [0.25, 0.3) is 10.2 Å². The fourth-order valence-corrected chi connectivity index (χ4v) is 3.13. The number of benzene rings is 2. The van der Waals surface area contributed by atoms with Gasteiger partial charge in [-0.1, -0.05) is 12.1 Å². The number of thiazole rings is 1. The van der Waals surface area contributed by atoms with E-state index in [1.165, 1.54) is 22.3 Å². The molecule has 0 saturated heterocycles. The number of halogens is 2. The molecule has 0 atom stereocenters. The summed E-state index contributed by atoms with van der Waals surface area (Å²) in [6.07, 6.45) is 0. The third-order valence-corrected chi connectivity index (χ3v) is 4.25. The average Bonchev–Trinajstić information content (AvgIpc) is 2.91. The zero-order valence-electron chi connectivity index (χ0n) is 11.7. The lowest BCUT2D eigenvalue weighted by atomic mass is 10.2. The van der Waals surface area contributed by atoms with Gasteiger partial charge in [0.25, 0.3) is 5.91 Å². The van der Waals surface area contributed by atoms with Crippen LogP contribution in [0.15, 0.2) is 42.5 Å². The summed E-state index contributed by atoms with van der Waals surface area (Å²) in [5, 5.41) is 0.791. The highest BCUT2D eigenvalue weighted by Crippen LogP contribution is 2.22. The minimum atomic E-state index is -1.03. The van der Waals surface area contributed by atoms with E-state index in [4.69, 9.17) is 0 Å². The van der Waals surface area contributed by atoms with Crippen molar-refractivity contribution in [3.63, 3.8) is 0 Å². The van der Waals surface area contributed by atoms with Crippen molar-refractivity contribution in [1.82, 2.24) is 9.88 Å². The Hall–Kier alpha value is -2.34. The summed E-state index contributed by atoms with van der Waals surface area (Å²) in [5.41, 5.74) is 0.999. The van der Waals surface area contributed by atoms with Gasteiger partial charge in [-0.25, -0.2) is 13.8 Å². The molecule has 0 aliphatic rings. The number of amides is 1. The number of aromatic nitrogens is 1. The van der Waals surface area contributed by atoms with E-state index in [1.807, 2.05) is 24.3 Å². The number of hydrogen-bond donors (Lipinski definition) is 0. The van der Waals surface area contributed by atoms with Gasteiger partial charge < -0.3 is 4.90 Å². The van der Waals surface area contributed by atoms with Crippen LogP contribution in [0.2, 0.25) is 0 Å². The highest BCUT2D eigenvalue weighted by molar-refractivity contribution is 7.18. The van der Waals surface area contributed by atoms with Crippen LogP contribution in [-0.2, 0) is 6.54 Å². The van der Waals surface area contributed by atoms with E-state index in [1.54, 1.807) is 7.05 Å². The van der Waals surface area contributed by atoms with Crippen molar-refractivity contribution in [2.24, 2.45) is 0 Å². The minimum Gasteiger partial charge on any atom is -0.335 e. The molecule has 3 aromatic rings. The topological polar surface area (TPSA) is 33.2 Å². The molecule has 3 nitrogen and oxygen atoms in total. The van der Waals surface area contributed by atoms with Crippen LogP contribution in [0.4, 0.5) is 8.78 Å². The van der Waals surface area contributed by atoms with Crippen LogP contribution >= 0.6 is 11.3 Å². The Balaban J connectivity index is 1.79. The van der Waals surface area contributed by atoms with Crippen LogP contribution in [0.5, 0.6) is 0 Å². The van der Waals surface area contributed by atoms with E-state index in [9.17, 15) is 13.6 Å². The molecule has 1 heterocycles. The number of nitrogens with zero attached hydrogens (tertiary/aromatic N) is 2. The molecule has 0 saturated carbocycles. The number of hydrogen-bond acceptors (Lipinski definition) is 3. The van der Waals surface area contributed by atoms with E-state index in [0.29, 0.717) is 6.54 Å². The van der Waals surface area contributed by atoms with Gasteiger partial charge in [0.15, 0.2) is 11.6 Å². The Labute approximate surface area is 129 Å². The van der Waals surface area contributed by atoms with E-state index in [0.717, 1.165) is 27.4 Å². The van der Waals surface area contributed by atoms with Gasteiger partial charge in [-0.3, -0.25) is 4.79 Å². The van der Waals surface area contributed by atoms with Gasteiger partial charge in [0.05, 0.1) is 16.8 Å². The van der Waals surface area contributed by atoms with Crippen LogP contribution in [-0.4, -0.2) is 22.8 Å². The predicted octanol–water partition coefficient (Wildman–Crippen LogP) is 3.85. The molecule has 1 aromatic heterocycles. The highest BCUT2D eigenvalue weighted by Gasteiger charge is 2.16. The number of para-hydroxylation sites is 1. The zero-order chi connectivity index (χ0) is 15.7. The van der Waals surface area contributed by atoms with Gasteiger partial charge in [0.1, 0.15) is 5.01 Å². The summed E-state index contributed by atoms with van der Waals surface area (Å²) >= 11 is 1.50. The van der Waals surface area contributed by atoms with E-state index in [2.05, 4.69) is 4.98 Å². The average molecular weight is 318 g/mol. The van der Waals surface area contributed by atoms with Crippen molar-refractivity contribution >= 4 is 27.5 Å². The fraction of sp³-hybridized carbons (Fsp3) is 0.125. The number of carbonyl (C=O) groups excluding carboxylic acids is 1. The monoisotopic (exact) mass is 318 g/mol. The highest BCUT2D eigenvalue weighted by atomic mass is 32.1. The van der Waals surface area contributed by atoms with Crippen LogP contribution in [0.1, 0.15) is 15.4 Å². The standard InChI is InChI=1S/C16H12F2N2OS/c1-20(16(21)10-6-7-11(17)12(18)8-10)9-15-19-13-4-2-3-5-14(13)22-15/h2-8H,9H2,1H3. The molecule has 0 spiro atoms. The van der Waals surface area contributed by atoms with Gasteiger partial charge in [-0.2, -0.15) is 0 Å². The van der Waals surface area contributed by atoms with E-state index >= 15 is 0 Å². The lowest BCUT2D eigenvalue weighted by Gasteiger charge is -2.15. The van der Waals surface area contributed by atoms with Gasteiger partial charge in [-0.15, -0.1) is 11.3 Å². The first kappa shape index (κ1) is 14.6. The summed E-state index contributed by atoms with van der Waals surface area (Å²) in [5.74, 6) is -2.37. The van der Waals surface area contributed by atoms with Gasteiger partial charge in [0, 0.05) is 12.6 Å². The van der Waals surface area contributed by atoms with Gasteiger partial charge in [0.2, 0.25) is 0 Å². The minimum absolute atomic E-state index is 0.113. The van der Waals surface area contributed by atoms with Gasteiger partial charge in [-0.05, 0) is 30.3 Å². The Morgan fingerprint density at radius 2 is 1.95 bits per heavy atom. The summed E-state index contributed by atoms with van der Waals surface area (Å²) in [4.78, 5) is 18.1. The third-order valence-electron chi connectivity index (χ3n) is 3.22. The molecule has 112 valence electrons. The zero-order valence-corrected chi connectivity index (χ0v) is 12.5. The summed E-state index contributed by atoms with van der Waals surface area (Å²) in [7, 11) is 1.61. The van der Waals surface area contributed by atoms with Crippen molar-refractivity contribution in [3.8, 4) is 0 Å². The summed E-state index contributed by atoms with van der Waals surface area (Å²) in [6.45, 7) is 0.317. The Bertz CT molecular complexity index is 814. The smallest absolute Gasteiger partial charge is 0.254 e. The number of rotatable bonds is 3. The van der Waals surface area contributed by atoms with E-state index in [-0.39, 0.29) is 11.5 Å². The number of fused-ring (bicyclic) bond motifs is 1. The summed E-state index contributed by atoms with van der Waals surface area (Å²) < 4.78 is 27.2. The van der Waals surface area contributed by atoms with Crippen molar-refractivity contribution in [2.75, 3.05) is 7.05 Å². The fourth-order valence-electron chi connectivity index (χ4n) is 2.11. The molecule has 3 rings (SSSR count). The van der Waals surface area contributed by atoms with E-state index < -0.39 is 11.6 Å². The molecule has 0 aliphatic heterocycles. The second kappa shape index (κ2) is 5.81. The van der Waals surface area contributed by atoms with Crippen molar-refractivity contribution in [2.45, 2.75) is 6.54 Å². The summed E-state index contributed by atoms with van der Waals surface area (Å²) in [6, 6.07) is 10.8. The molecule has 22 heavy (non-hydrogen) atoms. The van der Waals surface area contributed by atoms with Crippen molar-refractivity contribution in [1.29, 1.82) is 0 Å². The molecule has 2 aromatic carbocycles. The molecule has 0 fully saturated rings. The molecular formula is C16H12F2N2OS. The molecule has 1 amide bonds. The normalized spacial score (nSPS) is 10.9. The second-order valence-corrected chi connectivity index (χ2v) is 5.98. The first-order chi connectivity index (χ1) is 10.5. The third kappa shape index (κ3) is 2.82. The van der Waals surface area contributed by atoms with Crippen molar-refractivity contribution in [3.05, 3.63) is 64.7 Å². The lowest BCUT2D eigenvalue weighted by molar-refractivity contribution is 0.0784. The molecule has 0 unspecified atom stereocenters. The quantitative estimate of drug-likeness (QED) is 0.735. The molecule has 0 N–H and O–H groups in total.